The van der Waals surface area contributed by atoms with Crippen LogP contribution in [0.15, 0.2) is 75.1 Å². The van der Waals surface area contributed by atoms with Crippen LogP contribution in [0.5, 0.6) is 5.75 Å². The van der Waals surface area contributed by atoms with Gasteiger partial charge in [0.05, 0.1) is 36.6 Å². The van der Waals surface area contributed by atoms with Crippen molar-refractivity contribution in [1.29, 1.82) is 0 Å². The summed E-state index contributed by atoms with van der Waals surface area (Å²) in [5.41, 5.74) is 3.97. The van der Waals surface area contributed by atoms with Crippen LogP contribution in [0.2, 0.25) is 0 Å². The Morgan fingerprint density at radius 1 is 0.982 bits per heavy atom. The molecule has 0 spiro atoms. The van der Waals surface area contributed by atoms with E-state index in [9.17, 15) is 30.2 Å². The van der Waals surface area contributed by atoms with Crippen LogP contribution < -0.4 is 15.0 Å². The number of nitro groups is 1. The number of aliphatic hydroxyl groups excluding tert-OH is 3. The van der Waals surface area contributed by atoms with Gasteiger partial charge < -0.3 is 44.5 Å². The fourth-order valence-corrected chi connectivity index (χ4v) is 5.49. The first kappa shape index (κ1) is 42.4. The number of ether oxygens (including phenoxy) is 4. The zero-order valence-electron chi connectivity index (χ0n) is 31.2. The molecule has 0 unspecified atom stereocenters. The number of anilines is 1. The number of terminal acetylenes is 1. The Bertz CT molecular complexity index is 1850. The summed E-state index contributed by atoms with van der Waals surface area (Å²) in [5, 5.41) is 61.8. The average molecular weight is 762 g/mol. The quantitative estimate of drug-likeness (QED) is 0.0406. The topological polar surface area (TPSA) is 223 Å². The van der Waals surface area contributed by atoms with Crippen LogP contribution in [-0.2, 0) is 19.0 Å². The highest BCUT2D eigenvalue weighted by Gasteiger charge is 2.44. The van der Waals surface area contributed by atoms with Crippen LogP contribution in [0.3, 0.4) is 0 Å². The van der Waals surface area contributed by atoms with Gasteiger partial charge in [0.1, 0.15) is 42.5 Å². The van der Waals surface area contributed by atoms with Gasteiger partial charge in [0.25, 0.3) is 5.69 Å². The van der Waals surface area contributed by atoms with Crippen LogP contribution in [0.4, 0.5) is 34.1 Å². The first-order valence-electron chi connectivity index (χ1n) is 17.6. The van der Waals surface area contributed by atoms with E-state index < -0.39 is 35.6 Å². The summed E-state index contributed by atoms with van der Waals surface area (Å²) in [6, 6.07) is 15.6. The van der Waals surface area contributed by atoms with Crippen LogP contribution in [-0.4, -0.2) is 104 Å². The minimum Gasteiger partial charge on any atom is -0.494 e. The zero-order valence-corrected chi connectivity index (χ0v) is 31.2. The van der Waals surface area contributed by atoms with Crippen molar-refractivity contribution >= 4 is 40.0 Å². The maximum Gasteiger partial charge on any atom is 0.296 e. The van der Waals surface area contributed by atoms with Crippen LogP contribution in [0.25, 0.3) is 0 Å². The molecule has 17 nitrogen and oxygen atoms in total. The Morgan fingerprint density at radius 3 is 2.42 bits per heavy atom. The van der Waals surface area contributed by atoms with Gasteiger partial charge in [0.2, 0.25) is 5.91 Å². The number of methoxy groups -OCH3 is 1. The molecule has 0 aromatic heterocycles. The number of hydrogen-bond acceptors (Lipinski definition) is 15. The van der Waals surface area contributed by atoms with Gasteiger partial charge in [-0.05, 0) is 74.2 Å². The van der Waals surface area contributed by atoms with Gasteiger partial charge in [0, 0.05) is 44.4 Å². The first-order valence-corrected chi connectivity index (χ1v) is 17.6. The highest BCUT2D eigenvalue weighted by Crippen LogP contribution is 2.37. The smallest absolute Gasteiger partial charge is 0.296 e. The summed E-state index contributed by atoms with van der Waals surface area (Å²) < 4.78 is 21.8. The van der Waals surface area contributed by atoms with Crippen molar-refractivity contribution in [3.8, 4) is 18.1 Å². The van der Waals surface area contributed by atoms with E-state index >= 15 is 0 Å². The van der Waals surface area contributed by atoms with Gasteiger partial charge in [-0.25, -0.2) is 0 Å². The molecule has 1 aliphatic rings. The standard InChI is InChI=1S/C38H47N7O10/c1-6-18-53-23-33-35(47)36(48)37(49)38(55-33)54-19-8-16-39-34(46)9-7-17-44(4)27-13-11-26(12-14-27)40-43-30-21-25(3)29(22-32(30)52-5)42-41-28-15-10-24(2)20-31(28)45(50)51/h1,10-15,20-22,33,35-38,47-49H,7-9,16-19,23H2,2-5H3,(H,39,46)/t33-,35-,36+,37-,38-/m1/s1. The number of benzene rings is 3. The van der Waals surface area contributed by atoms with E-state index in [2.05, 4.69) is 31.7 Å². The summed E-state index contributed by atoms with van der Waals surface area (Å²) in [4.78, 5) is 25.4. The number of nitro benzene ring substituents is 1. The van der Waals surface area contributed by atoms with E-state index in [0.29, 0.717) is 55.2 Å². The fraction of sp³-hybridized carbons (Fsp3) is 0.447. The maximum absolute atomic E-state index is 12.4. The molecule has 17 heteroatoms. The molecular weight excluding hydrogens is 714 g/mol. The highest BCUT2D eigenvalue weighted by molar-refractivity contribution is 5.75. The molecule has 1 fully saturated rings. The molecule has 1 amide bonds. The number of carbonyl (C=O) groups excluding carboxylic acids is 1. The maximum atomic E-state index is 12.4. The van der Waals surface area contributed by atoms with E-state index in [-0.39, 0.29) is 37.1 Å². The predicted octanol–water partition coefficient (Wildman–Crippen LogP) is 5.25. The molecule has 3 aromatic rings. The second-order valence-electron chi connectivity index (χ2n) is 12.8. The third-order valence-corrected chi connectivity index (χ3v) is 8.61. The van der Waals surface area contributed by atoms with Gasteiger partial charge in [-0.1, -0.05) is 12.0 Å². The van der Waals surface area contributed by atoms with E-state index in [0.717, 1.165) is 16.8 Å². The summed E-state index contributed by atoms with van der Waals surface area (Å²) >= 11 is 0. The van der Waals surface area contributed by atoms with Crippen LogP contribution in [0, 0.1) is 36.3 Å². The molecule has 1 aliphatic heterocycles. The molecule has 0 aliphatic carbocycles. The number of carbonyl (C=O) groups is 1. The molecule has 1 heterocycles. The van der Waals surface area contributed by atoms with Crippen LogP contribution in [0.1, 0.15) is 30.4 Å². The number of aliphatic hydroxyl groups is 3. The van der Waals surface area contributed by atoms with Crippen LogP contribution >= 0.6 is 0 Å². The number of aryl methyl sites for hydroxylation is 2. The molecule has 4 N–H and O–H groups in total. The Kier molecular flexibility index (Phi) is 16.1. The first-order chi connectivity index (χ1) is 26.4. The van der Waals surface area contributed by atoms with Crippen molar-refractivity contribution in [1.82, 2.24) is 5.32 Å². The van der Waals surface area contributed by atoms with Crippen molar-refractivity contribution in [2.45, 2.75) is 63.8 Å². The van der Waals surface area contributed by atoms with Crippen molar-refractivity contribution < 1.29 is 44.0 Å². The Balaban J connectivity index is 1.19. The molecular formula is C38H47N7O10. The molecule has 4 rings (SSSR count). The summed E-state index contributed by atoms with van der Waals surface area (Å²) in [7, 11) is 3.43. The average Bonchev–Trinajstić information content (AvgIpc) is 3.17. The second-order valence-corrected chi connectivity index (χ2v) is 12.8. The minimum absolute atomic E-state index is 0.00970. The highest BCUT2D eigenvalue weighted by atomic mass is 16.7. The van der Waals surface area contributed by atoms with Crippen molar-refractivity contribution in [2.24, 2.45) is 20.5 Å². The number of rotatable bonds is 19. The number of nitrogens with zero attached hydrogens (tertiary/aromatic N) is 6. The lowest BCUT2D eigenvalue weighted by molar-refractivity contribution is -0.384. The lowest BCUT2D eigenvalue weighted by Crippen LogP contribution is -2.59. The molecule has 5 atom stereocenters. The van der Waals surface area contributed by atoms with Gasteiger partial charge in [0.15, 0.2) is 12.0 Å². The molecule has 3 aromatic carbocycles. The number of hydrogen-bond donors (Lipinski definition) is 4. The molecule has 55 heavy (non-hydrogen) atoms. The molecule has 0 saturated carbocycles. The van der Waals surface area contributed by atoms with Crippen molar-refractivity contribution in [2.75, 3.05) is 52.0 Å². The molecule has 1 saturated heterocycles. The third kappa shape index (κ3) is 12.3. The van der Waals surface area contributed by atoms with E-state index in [1.807, 2.05) is 43.1 Å². The summed E-state index contributed by atoms with van der Waals surface area (Å²) in [5.74, 6) is 2.59. The lowest BCUT2D eigenvalue weighted by atomic mass is 9.99. The summed E-state index contributed by atoms with van der Waals surface area (Å²) in [6.45, 7) is 4.63. The third-order valence-electron chi connectivity index (χ3n) is 8.61. The van der Waals surface area contributed by atoms with Crippen molar-refractivity contribution in [3.63, 3.8) is 0 Å². The van der Waals surface area contributed by atoms with E-state index in [1.54, 1.807) is 31.2 Å². The Hall–Kier alpha value is -5.35. The number of amides is 1. The predicted molar refractivity (Wildman–Crippen MR) is 203 cm³/mol. The zero-order chi connectivity index (χ0) is 39.9. The molecule has 0 bridgehead atoms. The van der Waals surface area contributed by atoms with E-state index in [4.69, 9.17) is 25.4 Å². The largest absolute Gasteiger partial charge is 0.494 e. The Morgan fingerprint density at radius 2 is 1.71 bits per heavy atom. The lowest BCUT2D eigenvalue weighted by Gasteiger charge is -2.40. The Labute approximate surface area is 319 Å². The molecule has 0 radical (unpaired) electrons. The SMILES string of the molecule is C#CCOC[C@H]1O[C@@H](OCCCNC(=O)CCCN(C)c2ccc(N=Nc3cc(C)c(N=Nc4ccc(C)cc4[N+](=O)[O-])cc3OC)cc2)[C@H](O)[C@@H](O)[C@@H]1O. The van der Waals surface area contributed by atoms with Gasteiger partial charge in [-0.2, -0.15) is 5.11 Å². The monoisotopic (exact) mass is 761 g/mol. The van der Waals surface area contributed by atoms with Gasteiger partial charge >= 0.3 is 0 Å². The molecule has 294 valence electrons. The second kappa shape index (κ2) is 20.9. The minimum atomic E-state index is -1.47. The number of azo groups is 2. The summed E-state index contributed by atoms with van der Waals surface area (Å²) in [6.07, 6.45) is 0.149. The normalized spacial score (nSPS) is 19.7. The van der Waals surface area contributed by atoms with Gasteiger partial charge in [-0.3, -0.25) is 14.9 Å². The van der Waals surface area contributed by atoms with E-state index in [1.165, 1.54) is 13.2 Å². The van der Waals surface area contributed by atoms with Crippen molar-refractivity contribution in [3.05, 3.63) is 75.8 Å². The van der Waals surface area contributed by atoms with Gasteiger partial charge in [-0.15, -0.1) is 21.8 Å². The number of nitrogens with one attached hydrogen (secondary N) is 1. The fourth-order valence-electron chi connectivity index (χ4n) is 5.49.